The maximum Gasteiger partial charge on any atom is 0.264 e. The molecular weight excluding hydrogens is 399 g/mol. The summed E-state index contributed by atoms with van der Waals surface area (Å²) in [7, 11) is -3.91. The number of sulfonamides is 1. The van der Waals surface area contributed by atoms with E-state index >= 15 is 0 Å². The quantitative estimate of drug-likeness (QED) is 0.735. The lowest BCUT2D eigenvalue weighted by Gasteiger charge is -2.13. The molecule has 0 saturated carbocycles. The van der Waals surface area contributed by atoms with Crippen LogP contribution in [0.4, 0.5) is 11.4 Å². The van der Waals surface area contributed by atoms with Crippen molar-refractivity contribution >= 4 is 60.5 Å². The Morgan fingerprint density at radius 3 is 2.24 bits per heavy atom. The summed E-state index contributed by atoms with van der Waals surface area (Å²) in [5.74, 6) is 0. The zero-order chi connectivity index (χ0) is 15.8. The number of anilines is 2. The van der Waals surface area contributed by atoms with Gasteiger partial charge in [0.1, 0.15) is 4.90 Å². The van der Waals surface area contributed by atoms with Gasteiger partial charge in [0.05, 0.1) is 15.7 Å². The van der Waals surface area contributed by atoms with Crippen molar-refractivity contribution in [1.29, 1.82) is 0 Å². The molecule has 112 valence electrons. The molecule has 0 fully saturated rings. The highest BCUT2D eigenvalue weighted by Crippen LogP contribution is 2.33. The van der Waals surface area contributed by atoms with Crippen molar-refractivity contribution in [1.82, 2.24) is 0 Å². The van der Waals surface area contributed by atoms with Crippen LogP contribution >= 0.6 is 39.1 Å². The molecule has 4 nitrogen and oxygen atoms in total. The van der Waals surface area contributed by atoms with Gasteiger partial charge in [-0.2, -0.15) is 0 Å². The average molecular weight is 410 g/mol. The van der Waals surface area contributed by atoms with Crippen LogP contribution in [0.3, 0.4) is 0 Å². The van der Waals surface area contributed by atoms with Crippen molar-refractivity contribution in [3.8, 4) is 0 Å². The number of rotatable bonds is 3. The van der Waals surface area contributed by atoms with Gasteiger partial charge in [-0.15, -0.1) is 0 Å². The summed E-state index contributed by atoms with van der Waals surface area (Å²) in [6.07, 6.45) is 0. The predicted octanol–water partition coefficient (Wildman–Crippen LogP) is 4.45. The number of nitrogens with two attached hydrogens (primary N) is 1. The monoisotopic (exact) mass is 408 g/mol. The summed E-state index contributed by atoms with van der Waals surface area (Å²) in [5.41, 5.74) is 7.08. The maximum absolute atomic E-state index is 12.5. The van der Waals surface area contributed by atoms with Gasteiger partial charge >= 0.3 is 0 Å². The van der Waals surface area contributed by atoms with E-state index in [2.05, 4.69) is 20.7 Å². The first-order valence-electron chi connectivity index (χ1n) is 5.74. The minimum atomic E-state index is -3.91. The molecule has 0 unspecified atom stereocenters. The van der Waals surface area contributed by atoms with Crippen LogP contribution in [-0.4, -0.2) is 8.42 Å². The second kappa shape index (κ2) is 6.04. The molecule has 2 aromatic carbocycles. The highest BCUT2D eigenvalue weighted by atomic mass is 79.9. The first-order chi connectivity index (χ1) is 9.70. The fourth-order valence-corrected chi connectivity index (χ4v) is 4.61. The number of hydrogen-bond acceptors (Lipinski definition) is 3. The van der Waals surface area contributed by atoms with E-state index in [0.717, 1.165) is 10.0 Å². The Labute approximate surface area is 141 Å². The molecule has 0 atom stereocenters. The number of nitrogen functional groups attached to an aromatic ring is 1. The first-order valence-corrected chi connectivity index (χ1v) is 8.77. The Morgan fingerprint density at radius 2 is 1.71 bits per heavy atom. The van der Waals surface area contributed by atoms with Crippen molar-refractivity contribution < 1.29 is 8.42 Å². The zero-order valence-electron chi connectivity index (χ0n) is 10.8. The van der Waals surface area contributed by atoms with Gasteiger partial charge in [0.25, 0.3) is 10.0 Å². The van der Waals surface area contributed by atoms with E-state index < -0.39 is 10.0 Å². The lowest BCUT2D eigenvalue weighted by Crippen LogP contribution is -2.15. The second-order valence-corrected chi connectivity index (χ2v) is 7.73. The SMILES string of the molecule is Cc1cc(Br)ccc1NS(=O)(=O)c1c(Cl)cc(N)cc1Cl. The van der Waals surface area contributed by atoms with E-state index in [0.29, 0.717) is 11.4 Å². The van der Waals surface area contributed by atoms with Gasteiger partial charge < -0.3 is 5.73 Å². The maximum atomic E-state index is 12.5. The molecule has 0 saturated heterocycles. The summed E-state index contributed by atoms with van der Waals surface area (Å²) < 4.78 is 28.2. The van der Waals surface area contributed by atoms with Crippen LogP contribution in [0.1, 0.15) is 5.56 Å². The molecule has 0 aliphatic rings. The summed E-state index contributed by atoms with van der Waals surface area (Å²) in [4.78, 5) is -0.192. The molecule has 0 aromatic heterocycles. The Kier molecular flexibility index (Phi) is 4.72. The van der Waals surface area contributed by atoms with Crippen LogP contribution in [0.25, 0.3) is 0 Å². The fourth-order valence-electron chi connectivity index (χ4n) is 1.77. The largest absolute Gasteiger partial charge is 0.399 e. The van der Waals surface area contributed by atoms with E-state index in [9.17, 15) is 8.42 Å². The van der Waals surface area contributed by atoms with E-state index in [1.165, 1.54) is 12.1 Å². The van der Waals surface area contributed by atoms with Gasteiger partial charge in [-0.05, 0) is 42.8 Å². The third kappa shape index (κ3) is 3.63. The van der Waals surface area contributed by atoms with Gasteiger partial charge in [0.15, 0.2) is 0 Å². The molecule has 21 heavy (non-hydrogen) atoms. The minimum Gasteiger partial charge on any atom is -0.399 e. The number of halogens is 3. The summed E-state index contributed by atoms with van der Waals surface area (Å²) in [5, 5.41) is -0.0514. The Morgan fingerprint density at radius 1 is 1.14 bits per heavy atom. The van der Waals surface area contributed by atoms with Gasteiger partial charge in [0, 0.05) is 10.2 Å². The van der Waals surface area contributed by atoms with Gasteiger partial charge in [-0.25, -0.2) is 8.42 Å². The topological polar surface area (TPSA) is 72.2 Å². The molecular formula is C13H11BrCl2N2O2S. The lowest BCUT2D eigenvalue weighted by atomic mass is 10.2. The van der Waals surface area contributed by atoms with E-state index in [1.54, 1.807) is 25.1 Å². The van der Waals surface area contributed by atoms with Crippen molar-refractivity contribution in [3.05, 3.63) is 50.4 Å². The molecule has 3 N–H and O–H groups in total. The third-order valence-electron chi connectivity index (χ3n) is 2.72. The smallest absolute Gasteiger partial charge is 0.264 e. The summed E-state index contributed by atoms with van der Waals surface area (Å²) in [6.45, 7) is 1.79. The van der Waals surface area contributed by atoms with Gasteiger partial charge in [0.2, 0.25) is 0 Å². The Balaban J connectivity index is 2.48. The van der Waals surface area contributed by atoms with E-state index in [4.69, 9.17) is 28.9 Å². The molecule has 0 heterocycles. The normalized spacial score (nSPS) is 11.4. The molecule has 8 heteroatoms. The molecule has 2 rings (SSSR count). The number of aryl methyl sites for hydroxylation is 1. The third-order valence-corrected chi connectivity index (χ3v) is 5.50. The van der Waals surface area contributed by atoms with Crippen molar-refractivity contribution in [2.24, 2.45) is 0 Å². The van der Waals surface area contributed by atoms with Crippen LogP contribution in [-0.2, 0) is 10.0 Å². The first kappa shape index (κ1) is 16.4. The number of hydrogen-bond donors (Lipinski definition) is 2. The highest BCUT2D eigenvalue weighted by Gasteiger charge is 2.23. The number of nitrogens with one attached hydrogen (secondary N) is 1. The lowest BCUT2D eigenvalue weighted by molar-refractivity contribution is 0.601. The highest BCUT2D eigenvalue weighted by molar-refractivity contribution is 9.10. The summed E-state index contributed by atoms with van der Waals surface area (Å²) in [6, 6.07) is 7.87. The fraction of sp³-hybridized carbons (Fsp3) is 0.0769. The van der Waals surface area contributed by atoms with Gasteiger partial charge in [-0.1, -0.05) is 39.1 Å². The van der Waals surface area contributed by atoms with Crippen LogP contribution < -0.4 is 10.5 Å². The minimum absolute atomic E-state index is 0.0257. The van der Waals surface area contributed by atoms with Gasteiger partial charge in [-0.3, -0.25) is 4.72 Å². The average Bonchev–Trinajstić information content (AvgIpc) is 2.30. The molecule has 0 amide bonds. The van der Waals surface area contributed by atoms with Crippen LogP contribution in [0, 0.1) is 6.92 Å². The van der Waals surface area contributed by atoms with Crippen LogP contribution in [0.15, 0.2) is 39.7 Å². The molecule has 0 spiro atoms. The van der Waals surface area contributed by atoms with Crippen molar-refractivity contribution in [2.45, 2.75) is 11.8 Å². The van der Waals surface area contributed by atoms with Crippen molar-refractivity contribution in [2.75, 3.05) is 10.5 Å². The van der Waals surface area contributed by atoms with Crippen molar-refractivity contribution in [3.63, 3.8) is 0 Å². The zero-order valence-corrected chi connectivity index (χ0v) is 14.7. The molecule has 0 bridgehead atoms. The predicted molar refractivity (Wildman–Crippen MR) is 90.6 cm³/mol. The van der Waals surface area contributed by atoms with E-state index in [-0.39, 0.29) is 14.9 Å². The molecule has 0 aliphatic heterocycles. The Hall–Kier alpha value is -0.950. The van der Waals surface area contributed by atoms with Crippen LogP contribution in [0.2, 0.25) is 10.0 Å². The molecule has 2 aromatic rings. The molecule has 0 radical (unpaired) electrons. The second-order valence-electron chi connectivity index (χ2n) is 4.38. The number of benzene rings is 2. The van der Waals surface area contributed by atoms with Crippen LogP contribution in [0.5, 0.6) is 0 Å². The summed E-state index contributed by atoms with van der Waals surface area (Å²) >= 11 is 15.2. The standard InChI is InChI=1S/C13H11BrCl2N2O2S/c1-7-4-8(14)2-3-12(7)18-21(19,20)13-10(15)5-9(17)6-11(13)16/h2-6,18H,17H2,1H3. The van der Waals surface area contributed by atoms with E-state index in [1.807, 2.05) is 0 Å². The Bertz CT molecular complexity index is 787. The molecule has 0 aliphatic carbocycles.